The number of unbranched alkanes of at least 4 members (excludes halogenated alkanes) is 1. The summed E-state index contributed by atoms with van der Waals surface area (Å²) in [6.45, 7) is 3.52. The van der Waals surface area contributed by atoms with Crippen molar-refractivity contribution >= 4 is 5.96 Å². The quantitative estimate of drug-likeness (QED) is 0.229. The van der Waals surface area contributed by atoms with Crippen LogP contribution in [0.2, 0.25) is 0 Å². The molecule has 0 saturated carbocycles. The van der Waals surface area contributed by atoms with E-state index in [4.69, 9.17) is 10.6 Å². The molecule has 1 heterocycles. The van der Waals surface area contributed by atoms with Crippen LogP contribution >= 0.6 is 0 Å². The average Bonchev–Trinajstić information content (AvgIpc) is 2.43. The van der Waals surface area contributed by atoms with Gasteiger partial charge in [-0.3, -0.25) is 5.43 Å². The fourth-order valence-electron chi connectivity index (χ4n) is 1.33. The molecule has 100 valence electrons. The van der Waals surface area contributed by atoms with E-state index in [2.05, 4.69) is 27.6 Å². The third kappa shape index (κ3) is 5.01. The predicted molar refractivity (Wildman–Crippen MR) is 72.2 cm³/mol. The number of nitrogens with zero attached hydrogens (tertiary/aromatic N) is 2. The van der Waals surface area contributed by atoms with Crippen molar-refractivity contribution < 1.29 is 4.74 Å². The Labute approximate surface area is 108 Å². The number of methoxy groups -OCH3 is 1. The Balaban J connectivity index is 2.48. The Morgan fingerprint density at radius 1 is 1.50 bits per heavy atom. The second-order valence-corrected chi connectivity index (χ2v) is 3.80. The molecule has 0 aliphatic heterocycles. The lowest BCUT2D eigenvalue weighted by Crippen LogP contribution is -2.41. The predicted octanol–water partition coefficient (Wildman–Crippen LogP) is 0.799. The summed E-state index contributed by atoms with van der Waals surface area (Å²) in [6, 6.07) is 3.74. The highest BCUT2D eigenvalue weighted by molar-refractivity contribution is 5.79. The molecule has 6 heteroatoms. The SMILES string of the molecule is CCCCNC(=NCc1ccc(OC)nc1)NN. The van der Waals surface area contributed by atoms with Gasteiger partial charge in [-0.25, -0.2) is 15.8 Å². The van der Waals surface area contributed by atoms with E-state index < -0.39 is 0 Å². The van der Waals surface area contributed by atoms with Crippen molar-refractivity contribution in [1.29, 1.82) is 0 Å². The molecule has 0 aliphatic carbocycles. The van der Waals surface area contributed by atoms with Gasteiger partial charge >= 0.3 is 0 Å². The van der Waals surface area contributed by atoms with Gasteiger partial charge in [-0.05, 0) is 12.0 Å². The van der Waals surface area contributed by atoms with Crippen LogP contribution in [-0.4, -0.2) is 24.6 Å². The van der Waals surface area contributed by atoms with Gasteiger partial charge in [0.05, 0.1) is 13.7 Å². The molecule has 0 saturated heterocycles. The normalized spacial score (nSPS) is 11.2. The summed E-state index contributed by atoms with van der Waals surface area (Å²) in [4.78, 5) is 8.44. The maximum atomic E-state index is 5.39. The van der Waals surface area contributed by atoms with Gasteiger partial charge in [0.15, 0.2) is 0 Å². The third-order valence-corrected chi connectivity index (χ3v) is 2.39. The molecule has 0 amide bonds. The summed E-state index contributed by atoms with van der Waals surface area (Å²) in [6.07, 6.45) is 3.96. The van der Waals surface area contributed by atoms with Crippen molar-refractivity contribution in [2.45, 2.75) is 26.3 Å². The van der Waals surface area contributed by atoms with Crippen LogP contribution in [0.4, 0.5) is 0 Å². The lowest BCUT2D eigenvalue weighted by atomic mass is 10.3. The van der Waals surface area contributed by atoms with Gasteiger partial charge in [0, 0.05) is 18.8 Å². The van der Waals surface area contributed by atoms with Crippen LogP contribution in [0.5, 0.6) is 5.88 Å². The van der Waals surface area contributed by atoms with Crippen LogP contribution in [0.3, 0.4) is 0 Å². The van der Waals surface area contributed by atoms with Gasteiger partial charge < -0.3 is 10.1 Å². The Morgan fingerprint density at radius 3 is 2.89 bits per heavy atom. The van der Waals surface area contributed by atoms with Crippen LogP contribution in [0.25, 0.3) is 0 Å². The molecule has 1 rings (SSSR count). The molecule has 18 heavy (non-hydrogen) atoms. The van der Waals surface area contributed by atoms with Crippen molar-refractivity contribution in [2.24, 2.45) is 10.8 Å². The Morgan fingerprint density at radius 2 is 2.33 bits per heavy atom. The van der Waals surface area contributed by atoms with Crippen molar-refractivity contribution in [2.75, 3.05) is 13.7 Å². The number of guanidine groups is 1. The largest absolute Gasteiger partial charge is 0.481 e. The molecule has 6 nitrogen and oxygen atoms in total. The first-order chi connectivity index (χ1) is 8.80. The van der Waals surface area contributed by atoms with Crippen LogP contribution in [-0.2, 0) is 6.54 Å². The van der Waals surface area contributed by atoms with Crippen LogP contribution in [0.1, 0.15) is 25.3 Å². The van der Waals surface area contributed by atoms with E-state index in [1.54, 1.807) is 13.3 Å². The number of hydrogen-bond donors (Lipinski definition) is 3. The maximum absolute atomic E-state index is 5.39. The highest BCUT2D eigenvalue weighted by Gasteiger charge is 1.97. The number of aromatic nitrogens is 1. The molecule has 0 bridgehead atoms. The monoisotopic (exact) mass is 251 g/mol. The van der Waals surface area contributed by atoms with E-state index in [1.807, 2.05) is 12.1 Å². The van der Waals surface area contributed by atoms with Crippen LogP contribution in [0.15, 0.2) is 23.3 Å². The standard InChI is InChI=1S/C12H21N5O/c1-3-4-7-14-12(17-13)16-9-10-5-6-11(18-2)15-8-10/h5-6,8H,3-4,7,9,13H2,1-2H3,(H2,14,16,17). The zero-order chi connectivity index (χ0) is 13.2. The zero-order valence-corrected chi connectivity index (χ0v) is 10.9. The second kappa shape index (κ2) is 8.30. The summed E-state index contributed by atoms with van der Waals surface area (Å²) in [7, 11) is 1.59. The summed E-state index contributed by atoms with van der Waals surface area (Å²) in [5.41, 5.74) is 3.55. The number of hydrogen-bond acceptors (Lipinski definition) is 4. The highest BCUT2D eigenvalue weighted by Crippen LogP contribution is 2.07. The number of hydrazine groups is 1. The summed E-state index contributed by atoms with van der Waals surface area (Å²) in [5, 5.41) is 3.13. The number of nitrogens with one attached hydrogen (secondary N) is 2. The molecule has 0 fully saturated rings. The van der Waals surface area contributed by atoms with Gasteiger partial charge in [0.25, 0.3) is 0 Å². The molecule has 0 atom stereocenters. The molecular weight excluding hydrogens is 230 g/mol. The van der Waals surface area contributed by atoms with Crippen LogP contribution < -0.4 is 21.3 Å². The first-order valence-electron chi connectivity index (χ1n) is 6.04. The number of ether oxygens (including phenoxy) is 1. The van der Waals surface area contributed by atoms with E-state index in [9.17, 15) is 0 Å². The molecule has 4 N–H and O–H groups in total. The first-order valence-corrected chi connectivity index (χ1v) is 6.04. The summed E-state index contributed by atoms with van der Waals surface area (Å²) >= 11 is 0. The Bertz CT molecular complexity index is 363. The minimum absolute atomic E-state index is 0.523. The molecular formula is C12H21N5O. The highest BCUT2D eigenvalue weighted by atomic mass is 16.5. The van der Waals surface area contributed by atoms with Crippen molar-refractivity contribution in [3.8, 4) is 5.88 Å². The smallest absolute Gasteiger partial charge is 0.212 e. The number of aliphatic imine (C=N–C) groups is 1. The minimum atomic E-state index is 0.523. The average molecular weight is 251 g/mol. The molecule has 0 radical (unpaired) electrons. The van der Waals surface area contributed by atoms with E-state index in [0.29, 0.717) is 18.4 Å². The van der Waals surface area contributed by atoms with Gasteiger partial charge in [-0.15, -0.1) is 0 Å². The van der Waals surface area contributed by atoms with Gasteiger partial charge in [0.1, 0.15) is 0 Å². The van der Waals surface area contributed by atoms with Gasteiger partial charge in [0.2, 0.25) is 11.8 Å². The summed E-state index contributed by atoms with van der Waals surface area (Å²) < 4.78 is 4.99. The zero-order valence-electron chi connectivity index (χ0n) is 10.9. The van der Waals surface area contributed by atoms with Crippen molar-refractivity contribution in [3.05, 3.63) is 23.9 Å². The summed E-state index contributed by atoms with van der Waals surface area (Å²) in [5.74, 6) is 6.58. The molecule has 0 aliphatic rings. The Kier molecular flexibility index (Phi) is 6.56. The first kappa shape index (κ1) is 14.2. The van der Waals surface area contributed by atoms with Gasteiger partial charge in [-0.2, -0.15) is 0 Å². The van der Waals surface area contributed by atoms with E-state index in [1.165, 1.54) is 0 Å². The Hall–Kier alpha value is -1.82. The molecule has 1 aromatic heterocycles. The minimum Gasteiger partial charge on any atom is -0.481 e. The lowest BCUT2D eigenvalue weighted by molar-refractivity contribution is 0.397. The van der Waals surface area contributed by atoms with E-state index in [-0.39, 0.29) is 0 Å². The molecule has 0 unspecified atom stereocenters. The van der Waals surface area contributed by atoms with E-state index in [0.717, 1.165) is 24.9 Å². The fourth-order valence-corrected chi connectivity index (χ4v) is 1.33. The van der Waals surface area contributed by atoms with E-state index >= 15 is 0 Å². The number of pyridine rings is 1. The second-order valence-electron chi connectivity index (χ2n) is 3.80. The van der Waals surface area contributed by atoms with Crippen molar-refractivity contribution in [1.82, 2.24) is 15.7 Å². The lowest BCUT2D eigenvalue weighted by Gasteiger charge is -2.08. The topological polar surface area (TPSA) is 84.6 Å². The number of nitrogens with two attached hydrogens (primary N) is 1. The van der Waals surface area contributed by atoms with Crippen molar-refractivity contribution in [3.63, 3.8) is 0 Å². The third-order valence-electron chi connectivity index (χ3n) is 2.39. The van der Waals surface area contributed by atoms with Crippen LogP contribution in [0, 0.1) is 0 Å². The van der Waals surface area contributed by atoms with Gasteiger partial charge in [-0.1, -0.05) is 19.4 Å². The molecule has 0 spiro atoms. The molecule has 0 aromatic carbocycles. The fraction of sp³-hybridized carbons (Fsp3) is 0.500. The number of rotatable bonds is 6. The maximum Gasteiger partial charge on any atom is 0.212 e. The molecule has 1 aromatic rings.